The highest BCUT2D eigenvalue weighted by Gasteiger charge is 2.13. The van der Waals surface area contributed by atoms with Gasteiger partial charge in [0.1, 0.15) is 0 Å². The maximum absolute atomic E-state index is 12.0. The molecule has 6 aromatic rings. The molecule has 0 unspecified atom stereocenters. The molecule has 134 valence electrons. The van der Waals surface area contributed by atoms with Crippen LogP contribution in [0.25, 0.3) is 54.5 Å². The Kier molecular flexibility index (Phi) is 2.87. The van der Waals surface area contributed by atoms with Crippen molar-refractivity contribution in [3.05, 3.63) is 71.0 Å². The van der Waals surface area contributed by atoms with E-state index in [0.29, 0.717) is 16.7 Å². The van der Waals surface area contributed by atoms with Gasteiger partial charge in [-0.15, -0.1) is 0 Å². The number of nitrogens with one attached hydrogen (secondary N) is 1. The average molecular weight is 367 g/mol. The molecule has 0 spiro atoms. The molecule has 1 N–H and O–H groups in total. The first-order valence-electron chi connectivity index (χ1n) is 8.89. The number of aryl methyl sites for hydroxylation is 1. The molecular formula is C22H13N3O3. The molecule has 0 aliphatic rings. The Labute approximate surface area is 157 Å². The van der Waals surface area contributed by atoms with Crippen LogP contribution in [0, 0.1) is 6.92 Å². The third-order valence-electron chi connectivity index (χ3n) is 5.17. The number of pyridine rings is 1. The first-order valence-corrected chi connectivity index (χ1v) is 8.89. The van der Waals surface area contributed by atoms with Gasteiger partial charge in [-0.2, -0.15) is 0 Å². The predicted molar refractivity (Wildman–Crippen MR) is 108 cm³/mol. The van der Waals surface area contributed by atoms with Gasteiger partial charge in [0.05, 0.1) is 22.1 Å². The molecule has 0 saturated carbocycles. The van der Waals surface area contributed by atoms with Crippen LogP contribution in [0.4, 0.5) is 0 Å². The number of aromatic nitrogens is 3. The highest BCUT2D eigenvalue weighted by molar-refractivity contribution is 6.17. The summed E-state index contributed by atoms with van der Waals surface area (Å²) >= 11 is 0. The van der Waals surface area contributed by atoms with Crippen molar-refractivity contribution in [1.82, 2.24) is 15.1 Å². The molecule has 0 atom stereocenters. The minimum Gasteiger partial charge on any atom is -0.407 e. The van der Waals surface area contributed by atoms with E-state index >= 15 is 0 Å². The van der Waals surface area contributed by atoms with Crippen molar-refractivity contribution < 1.29 is 8.94 Å². The molecule has 3 aromatic heterocycles. The third kappa shape index (κ3) is 2.00. The average Bonchev–Trinajstić information content (AvgIpc) is 3.28. The van der Waals surface area contributed by atoms with Crippen molar-refractivity contribution in [1.29, 1.82) is 0 Å². The Morgan fingerprint density at radius 2 is 1.82 bits per heavy atom. The molecule has 0 aliphatic heterocycles. The lowest BCUT2D eigenvalue weighted by Crippen LogP contribution is -1.92. The number of aromatic amines is 1. The molecular weight excluding hydrogens is 354 g/mol. The second kappa shape index (κ2) is 5.29. The zero-order chi connectivity index (χ0) is 18.8. The van der Waals surface area contributed by atoms with Crippen LogP contribution in [0.3, 0.4) is 0 Å². The van der Waals surface area contributed by atoms with Crippen molar-refractivity contribution in [3.63, 3.8) is 0 Å². The second-order valence-corrected chi connectivity index (χ2v) is 6.87. The Morgan fingerprint density at radius 1 is 0.929 bits per heavy atom. The number of hydrogen-bond donors (Lipinski definition) is 1. The molecule has 0 saturated heterocycles. The summed E-state index contributed by atoms with van der Waals surface area (Å²) in [6.07, 6.45) is 1.76. The van der Waals surface area contributed by atoms with Crippen LogP contribution in [-0.2, 0) is 0 Å². The van der Waals surface area contributed by atoms with Crippen molar-refractivity contribution in [3.8, 4) is 0 Å². The number of fused-ring (bicyclic) bond motifs is 12. The smallest absolute Gasteiger partial charge is 0.407 e. The Balaban J connectivity index is 2.10. The normalized spacial score (nSPS) is 11.9. The molecule has 28 heavy (non-hydrogen) atoms. The monoisotopic (exact) mass is 367 g/mol. The largest absolute Gasteiger partial charge is 0.417 e. The van der Waals surface area contributed by atoms with Crippen LogP contribution in [0.1, 0.15) is 5.69 Å². The van der Waals surface area contributed by atoms with Gasteiger partial charge in [0.25, 0.3) is 0 Å². The molecule has 0 fully saturated rings. The van der Waals surface area contributed by atoms with E-state index in [-0.39, 0.29) is 0 Å². The van der Waals surface area contributed by atoms with Crippen molar-refractivity contribution in [2.24, 2.45) is 0 Å². The molecule has 3 heterocycles. The molecule has 4 bridgehead atoms. The summed E-state index contributed by atoms with van der Waals surface area (Å²) in [5.41, 5.74) is 3.42. The fourth-order valence-electron chi connectivity index (χ4n) is 3.97. The minimum absolute atomic E-state index is 0.489. The predicted octanol–water partition coefficient (Wildman–Crippen LogP) is 4.99. The van der Waals surface area contributed by atoms with E-state index in [9.17, 15) is 4.79 Å². The number of rotatable bonds is 0. The molecule has 6 heteroatoms. The molecule has 6 nitrogen and oxygen atoms in total. The topological polar surface area (TPSA) is 84.9 Å². The van der Waals surface area contributed by atoms with Crippen LogP contribution in [0.5, 0.6) is 0 Å². The van der Waals surface area contributed by atoms with Crippen LogP contribution in [-0.4, -0.2) is 15.1 Å². The number of hydrogen-bond acceptors (Lipinski definition) is 5. The van der Waals surface area contributed by atoms with Gasteiger partial charge in [0, 0.05) is 27.7 Å². The summed E-state index contributed by atoms with van der Waals surface area (Å²) in [4.78, 5) is 19.4. The third-order valence-corrected chi connectivity index (χ3v) is 5.17. The number of nitrogens with zero attached hydrogens (tertiary/aromatic N) is 2. The lowest BCUT2D eigenvalue weighted by molar-refractivity contribution is 0.452. The minimum atomic E-state index is -0.489. The fourth-order valence-corrected chi connectivity index (χ4v) is 3.97. The van der Waals surface area contributed by atoms with E-state index in [1.54, 1.807) is 6.20 Å². The summed E-state index contributed by atoms with van der Waals surface area (Å²) in [5.74, 6) is -0.489. The summed E-state index contributed by atoms with van der Waals surface area (Å²) < 4.78 is 11.2. The maximum atomic E-state index is 12.0. The summed E-state index contributed by atoms with van der Waals surface area (Å²) in [6.45, 7) is 1.91. The zero-order valence-electron chi connectivity index (χ0n) is 14.8. The highest BCUT2D eigenvalue weighted by atomic mass is 16.5. The Bertz CT molecular complexity index is 1650. The second-order valence-electron chi connectivity index (χ2n) is 6.87. The van der Waals surface area contributed by atoms with E-state index in [1.165, 1.54) is 0 Å². The maximum Gasteiger partial charge on any atom is 0.417 e. The standard InChI is InChI=1S/C22H13N3O3/c1-11-18-14-9-16(21-17(10-14)24-22(26)27-21)15-6-3-7-23-19(15)12-4-2-5-13(8-12)20(18)28-25-11/h2-10H,1H3,(H,24,26). The van der Waals surface area contributed by atoms with Gasteiger partial charge in [0.15, 0.2) is 11.2 Å². The highest BCUT2D eigenvalue weighted by Crippen LogP contribution is 2.33. The lowest BCUT2D eigenvalue weighted by Gasteiger charge is -2.03. The number of oxazole rings is 1. The van der Waals surface area contributed by atoms with E-state index in [0.717, 1.165) is 43.5 Å². The first kappa shape index (κ1) is 15.2. The summed E-state index contributed by atoms with van der Waals surface area (Å²) in [5, 5.41) is 9.56. The number of benzene rings is 2. The van der Waals surface area contributed by atoms with E-state index in [2.05, 4.69) is 15.1 Å². The summed E-state index contributed by atoms with van der Waals surface area (Å²) in [7, 11) is 0. The Morgan fingerprint density at radius 3 is 2.75 bits per heavy atom. The van der Waals surface area contributed by atoms with E-state index < -0.39 is 5.76 Å². The molecule has 0 radical (unpaired) electrons. The van der Waals surface area contributed by atoms with Gasteiger partial charge < -0.3 is 8.94 Å². The fraction of sp³-hybridized carbons (Fsp3) is 0.0455. The van der Waals surface area contributed by atoms with E-state index in [4.69, 9.17) is 8.94 Å². The van der Waals surface area contributed by atoms with Crippen molar-refractivity contribution >= 4 is 54.5 Å². The van der Waals surface area contributed by atoms with Crippen LogP contribution in [0.15, 0.2) is 68.5 Å². The van der Waals surface area contributed by atoms with Gasteiger partial charge in [-0.1, -0.05) is 29.4 Å². The molecule has 6 rings (SSSR count). The van der Waals surface area contributed by atoms with Gasteiger partial charge in [-0.05, 0) is 36.6 Å². The Hall–Kier alpha value is -3.93. The van der Waals surface area contributed by atoms with Gasteiger partial charge in [-0.25, -0.2) is 4.79 Å². The van der Waals surface area contributed by atoms with Gasteiger partial charge in [-0.3, -0.25) is 9.97 Å². The molecule has 3 aromatic carbocycles. The first-order chi connectivity index (χ1) is 13.7. The van der Waals surface area contributed by atoms with Gasteiger partial charge in [0.2, 0.25) is 0 Å². The van der Waals surface area contributed by atoms with Gasteiger partial charge >= 0.3 is 5.76 Å². The quantitative estimate of drug-likeness (QED) is 0.409. The number of H-pyrrole nitrogens is 1. The lowest BCUT2D eigenvalue weighted by atomic mass is 10.0. The summed E-state index contributed by atoms with van der Waals surface area (Å²) in [6, 6.07) is 15.8. The van der Waals surface area contributed by atoms with E-state index in [1.807, 2.05) is 55.5 Å². The molecule has 0 amide bonds. The van der Waals surface area contributed by atoms with Crippen molar-refractivity contribution in [2.75, 3.05) is 0 Å². The van der Waals surface area contributed by atoms with Crippen LogP contribution >= 0.6 is 0 Å². The molecule has 0 aliphatic carbocycles. The van der Waals surface area contributed by atoms with Crippen molar-refractivity contribution in [2.45, 2.75) is 6.92 Å². The van der Waals surface area contributed by atoms with Crippen LogP contribution in [0.2, 0.25) is 0 Å². The zero-order valence-corrected chi connectivity index (χ0v) is 14.8. The van der Waals surface area contributed by atoms with Crippen LogP contribution < -0.4 is 5.76 Å². The SMILES string of the molecule is Cc1noc2c3cccc(c3)c3ncccc3c3cc(cc4[nH]c(=O)oc43)c12.